The number of aliphatic hydroxyl groups excluding tert-OH is 1. The minimum atomic E-state index is -1.19. The molecular weight excluding hydrogens is 764 g/mol. The lowest BCUT2D eigenvalue weighted by Crippen LogP contribution is -2.57. The molecule has 12 N–H and O–H groups in total. The SMILES string of the molecule is CC(C)[C@@H](CC(=O)N[C@@H]1CCNC[C@H]1C(=O)N[C@H](CC(=O)N[C@@H](CCC(=O)O)CC(=O)O)Cc1c[nH]c2ccccc12)NC(=O)C[C@H](CO)NC(=O)[C@@H]1CCCC[C@H]1N. The van der Waals surface area contributed by atoms with Gasteiger partial charge in [0, 0.05) is 79.5 Å². The third kappa shape index (κ3) is 14.9. The number of carboxylic acid groups (broad SMARTS) is 2. The van der Waals surface area contributed by atoms with Gasteiger partial charge in [0.2, 0.25) is 29.5 Å². The second kappa shape index (κ2) is 22.9. The fraction of sp³-hybridized carbons (Fsp3) is 0.634. The number of aromatic nitrogens is 1. The summed E-state index contributed by atoms with van der Waals surface area (Å²) in [6, 6.07) is 3.63. The van der Waals surface area contributed by atoms with Crippen molar-refractivity contribution in [2.75, 3.05) is 19.7 Å². The maximum Gasteiger partial charge on any atom is 0.305 e. The Kier molecular flexibility index (Phi) is 18.1. The average Bonchev–Trinajstić information content (AvgIpc) is 3.58. The molecule has 326 valence electrons. The van der Waals surface area contributed by atoms with Crippen molar-refractivity contribution in [3.8, 4) is 0 Å². The van der Waals surface area contributed by atoms with E-state index in [0.29, 0.717) is 19.4 Å². The molecular formula is C41H62N8O10. The number of carbonyl (C=O) groups is 7. The highest BCUT2D eigenvalue weighted by Gasteiger charge is 2.35. The number of hydrogen-bond acceptors (Lipinski definition) is 10. The summed E-state index contributed by atoms with van der Waals surface area (Å²) in [5.41, 5.74) is 7.84. The maximum absolute atomic E-state index is 14.0. The lowest BCUT2D eigenvalue weighted by atomic mass is 9.84. The predicted octanol–water partition coefficient (Wildman–Crippen LogP) is 0.420. The molecule has 1 aromatic heterocycles. The van der Waals surface area contributed by atoms with E-state index in [1.807, 2.05) is 38.1 Å². The molecule has 1 saturated carbocycles. The van der Waals surface area contributed by atoms with Gasteiger partial charge in [-0.1, -0.05) is 44.9 Å². The third-order valence-electron chi connectivity index (χ3n) is 11.3. The summed E-state index contributed by atoms with van der Waals surface area (Å²) in [6.45, 7) is 4.03. The standard InChI is InChI=1S/C41H62N8O10/c1-23(2)34(49-36(52)17-27(22-50)47-40(58)29-8-3-5-9-31(29)42)19-37(53)48-33-13-14-43-21-30(33)41(59)46-26(15-24-20-44-32-10-6-4-7-28(24)32)16-35(51)45-25(18-39(56)57)11-12-38(54)55/h4,6-7,10,20,23,25-27,29-31,33-34,43-44,50H,3,5,8-9,11-19,21-22,42H2,1-2H3,(H,45,51)(H,46,59)(H,47,58)(H,48,53)(H,49,52)(H,54,55)(H,56,57)/t25-,26-,27+,29+,30+,31+,33+,34+/m0/s1. The molecule has 2 heterocycles. The monoisotopic (exact) mass is 826 g/mol. The van der Waals surface area contributed by atoms with E-state index in [9.17, 15) is 43.8 Å². The largest absolute Gasteiger partial charge is 0.481 e. The Morgan fingerprint density at radius 2 is 1.46 bits per heavy atom. The number of fused-ring (bicyclic) bond motifs is 1. The van der Waals surface area contributed by atoms with E-state index in [4.69, 9.17) is 10.8 Å². The van der Waals surface area contributed by atoms with Crippen LogP contribution in [0, 0.1) is 17.8 Å². The van der Waals surface area contributed by atoms with Crippen molar-refractivity contribution in [1.29, 1.82) is 0 Å². The minimum absolute atomic E-state index is 0.0827. The Morgan fingerprint density at radius 3 is 2.15 bits per heavy atom. The van der Waals surface area contributed by atoms with E-state index in [-0.39, 0.29) is 74.8 Å². The zero-order valence-electron chi connectivity index (χ0n) is 34.0. The van der Waals surface area contributed by atoms with Crippen LogP contribution in [0.25, 0.3) is 10.9 Å². The van der Waals surface area contributed by atoms with Crippen molar-refractivity contribution >= 4 is 52.4 Å². The first-order valence-corrected chi connectivity index (χ1v) is 20.7. The van der Waals surface area contributed by atoms with Crippen LogP contribution in [-0.4, -0.2) is 118 Å². The molecule has 2 fully saturated rings. The Bertz CT molecular complexity index is 1770. The Labute approximate surface area is 344 Å². The predicted molar refractivity (Wildman–Crippen MR) is 217 cm³/mol. The van der Waals surface area contributed by atoms with E-state index in [1.54, 1.807) is 6.20 Å². The van der Waals surface area contributed by atoms with Gasteiger partial charge in [0.25, 0.3) is 0 Å². The summed E-state index contributed by atoms with van der Waals surface area (Å²) in [5.74, 6) is -5.65. The summed E-state index contributed by atoms with van der Waals surface area (Å²) >= 11 is 0. The molecule has 0 bridgehead atoms. The van der Waals surface area contributed by atoms with Crippen LogP contribution in [-0.2, 0) is 40.0 Å². The van der Waals surface area contributed by atoms with E-state index in [0.717, 1.165) is 35.7 Å². The van der Waals surface area contributed by atoms with Gasteiger partial charge in [0.1, 0.15) is 0 Å². The molecule has 1 aliphatic carbocycles. The Hall–Kier alpha value is -5.07. The van der Waals surface area contributed by atoms with Gasteiger partial charge in [-0.25, -0.2) is 0 Å². The average molecular weight is 827 g/mol. The summed E-state index contributed by atoms with van der Waals surface area (Å²) in [6.07, 6.45) is 4.32. The van der Waals surface area contributed by atoms with Gasteiger partial charge in [-0.2, -0.15) is 0 Å². The van der Waals surface area contributed by atoms with Crippen LogP contribution in [0.4, 0.5) is 0 Å². The molecule has 8 atom stereocenters. The lowest BCUT2D eigenvalue weighted by Gasteiger charge is -2.34. The van der Waals surface area contributed by atoms with Gasteiger partial charge in [-0.15, -0.1) is 0 Å². The molecule has 4 rings (SSSR count). The van der Waals surface area contributed by atoms with Crippen LogP contribution < -0.4 is 37.6 Å². The first kappa shape index (κ1) is 46.6. The number of H-pyrrole nitrogens is 1. The quantitative estimate of drug-likeness (QED) is 0.0770. The molecule has 0 unspecified atom stereocenters. The van der Waals surface area contributed by atoms with E-state index in [2.05, 4.69) is 36.9 Å². The van der Waals surface area contributed by atoms with Crippen LogP contribution in [0.2, 0.25) is 0 Å². The van der Waals surface area contributed by atoms with Crippen molar-refractivity contribution in [3.63, 3.8) is 0 Å². The lowest BCUT2D eigenvalue weighted by molar-refractivity contribution is -0.140. The van der Waals surface area contributed by atoms with E-state index < -0.39 is 78.8 Å². The number of carboxylic acids is 2. The zero-order valence-corrected chi connectivity index (χ0v) is 34.0. The number of nitrogens with one attached hydrogen (secondary N) is 7. The van der Waals surface area contributed by atoms with Crippen molar-refractivity contribution in [2.24, 2.45) is 23.5 Å². The zero-order chi connectivity index (χ0) is 43.1. The summed E-state index contributed by atoms with van der Waals surface area (Å²) in [7, 11) is 0. The highest BCUT2D eigenvalue weighted by Crippen LogP contribution is 2.24. The number of benzene rings is 1. The van der Waals surface area contributed by atoms with Crippen molar-refractivity contribution in [2.45, 2.75) is 127 Å². The maximum atomic E-state index is 14.0. The van der Waals surface area contributed by atoms with E-state index >= 15 is 0 Å². The van der Waals surface area contributed by atoms with Gasteiger partial charge in [-0.3, -0.25) is 33.6 Å². The molecule has 2 aliphatic rings. The number of hydrogen-bond donors (Lipinski definition) is 11. The molecule has 5 amide bonds. The molecule has 1 saturated heterocycles. The van der Waals surface area contributed by atoms with Crippen LogP contribution in [0.3, 0.4) is 0 Å². The fourth-order valence-electron chi connectivity index (χ4n) is 7.96. The third-order valence-corrected chi connectivity index (χ3v) is 11.3. The smallest absolute Gasteiger partial charge is 0.305 e. The molecule has 59 heavy (non-hydrogen) atoms. The molecule has 18 heteroatoms. The van der Waals surface area contributed by atoms with Gasteiger partial charge >= 0.3 is 11.9 Å². The van der Waals surface area contributed by atoms with Gasteiger partial charge in [-0.05, 0) is 56.2 Å². The number of piperidine rings is 1. The van der Waals surface area contributed by atoms with E-state index in [1.165, 1.54) is 0 Å². The second-order valence-electron chi connectivity index (χ2n) is 16.3. The van der Waals surface area contributed by atoms with Crippen molar-refractivity contribution in [1.82, 2.24) is 36.9 Å². The summed E-state index contributed by atoms with van der Waals surface area (Å²) in [5, 5.41) is 46.8. The van der Waals surface area contributed by atoms with Crippen molar-refractivity contribution in [3.05, 3.63) is 36.0 Å². The first-order chi connectivity index (χ1) is 28.1. The number of aliphatic carboxylic acids is 2. The first-order valence-electron chi connectivity index (χ1n) is 20.7. The number of para-hydroxylation sites is 1. The Balaban J connectivity index is 1.39. The fourth-order valence-corrected chi connectivity index (χ4v) is 7.96. The summed E-state index contributed by atoms with van der Waals surface area (Å²) in [4.78, 5) is 92.7. The number of aliphatic hydroxyl groups is 1. The Morgan fingerprint density at radius 1 is 0.780 bits per heavy atom. The molecule has 1 aromatic carbocycles. The summed E-state index contributed by atoms with van der Waals surface area (Å²) < 4.78 is 0. The highest BCUT2D eigenvalue weighted by molar-refractivity contribution is 5.86. The topological polar surface area (TPSA) is 294 Å². The molecule has 0 spiro atoms. The van der Waals surface area contributed by atoms with Crippen LogP contribution >= 0.6 is 0 Å². The highest BCUT2D eigenvalue weighted by atomic mass is 16.4. The van der Waals surface area contributed by atoms with Crippen LogP contribution in [0.15, 0.2) is 30.5 Å². The van der Waals surface area contributed by atoms with Crippen molar-refractivity contribution < 1.29 is 48.9 Å². The minimum Gasteiger partial charge on any atom is -0.481 e. The molecule has 2 aromatic rings. The number of carbonyl (C=O) groups excluding carboxylic acids is 5. The molecule has 0 radical (unpaired) electrons. The number of aromatic amines is 1. The normalized spacial score (nSPS) is 21.4. The number of rotatable bonds is 22. The van der Waals surface area contributed by atoms with Crippen LogP contribution in [0.5, 0.6) is 0 Å². The van der Waals surface area contributed by atoms with Gasteiger partial charge in [0.05, 0.1) is 30.9 Å². The molecule has 1 aliphatic heterocycles. The van der Waals surface area contributed by atoms with Gasteiger partial charge < -0.3 is 57.9 Å². The second-order valence-corrected chi connectivity index (χ2v) is 16.3. The van der Waals surface area contributed by atoms with Crippen LogP contribution in [0.1, 0.15) is 90.0 Å². The van der Waals surface area contributed by atoms with Gasteiger partial charge in [0.15, 0.2) is 0 Å². The number of amides is 5. The molecule has 18 nitrogen and oxygen atoms in total. The number of nitrogens with two attached hydrogens (primary N) is 1.